The second-order valence-corrected chi connectivity index (χ2v) is 24.4. The molecule has 16 nitrogen and oxygen atoms in total. The van der Waals surface area contributed by atoms with Gasteiger partial charge in [0.15, 0.2) is 0 Å². The lowest BCUT2D eigenvalue weighted by molar-refractivity contribution is 0.313. The molecule has 0 saturated carbocycles. The summed E-state index contributed by atoms with van der Waals surface area (Å²) in [5, 5.41) is 11.3. The largest absolute Gasteiger partial charge is 0.368 e. The SMILES string of the molecule is CN1CCN(c2cccc3[nH]ccc23)CC1.CN1CCN(c2cccc3c2ccn3S(=O)(=O)c2ccccc2)CC1.Cl.O=S(=O)(c1ccccc1)n1ccc2c(N3CCNCC3)cccc21.c1cc(N2CCNCC2)c2cc[nH]c2c1. The highest BCUT2D eigenvalue weighted by atomic mass is 35.5. The van der Waals surface area contributed by atoms with Gasteiger partial charge in [-0.05, 0) is 111 Å². The molecule has 4 saturated heterocycles. The van der Waals surface area contributed by atoms with Gasteiger partial charge in [-0.25, -0.2) is 24.8 Å². The fraction of sp³-hybridized carbons (Fsp3) is 0.290. The van der Waals surface area contributed by atoms with Gasteiger partial charge in [0, 0.05) is 185 Å². The Hall–Kier alpha value is -7.29. The predicted octanol–water partition coefficient (Wildman–Crippen LogP) is 8.84. The number of nitrogens with zero attached hydrogens (tertiary/aromatic N) is 8. The molecule has 19 heteroatoms. The van der Waals surface area contributed by atoms with Gasteiger partial charge in [0.2, 0.25) is 0 Å². The zero-order valence-corrected chi connectivity index (χ0v) is 48.5. The van der Waals surface area contributed by atoms with Gasteiger partial charge in [-0.3, -0.25) is 0 Å². The molecule has 4 aliphatic heterocycles. The standard InChI is InChI=1S/C19H21N3O2S.C18H19N3O2S.C13H17N3.C12H15N3.ClH/c1-20-12-14-21(15-13-20)18-8-5-9-19-17(18)10-11-22(19)25(23,24)16-6-3-2-4-7-16;22-24(23,15-5-2-1-3-6-15)21-12-9-16-17(7-4-8-18(16)21)20-13-10-19-11-14-20;1-15-7-9-16(10-8-15)13-4-2-3-12-11(13)5-6-14-12;1-2-11-10(4-5-14-11)12(3-1)15-8-6-13-7-9-15;/h2-11H,12-15H2,1H3;1-9,12,19H,10-11,13-14H2;2-6,14H,7-10H2,1H3;1-5,13-14H,6-9H2;1H. The van der Waals surface area contributed by atoms with Crippen molar-refractivity contribution < 1.29 is 16.8 Å². The van der Waals surface area contributed by atoms with Crippen LogP contribution in [-0.2, 0) is 20.0 Å². The summed E-state index contributed by atoms with van der Waals surface area (Å²) >= 11 is 0. The topological polar surface area (TPSA) is 153 Å². The van der Waals surface area contributed by atoms with Crippen molar-refractivity contribution in [3.63, 3.8) is 0 Å². The second-order valence-electron chi connectivity index (χ2n) is 20.8. The molecule has 6 aromatic carbocycles. The van der Waals surface area contributed by atoms with Gasteiger partial charge in [0.05, 0.1) is 20.8 Å². The molecule has 0 unspecified atom stereocenters. The molecule has 14 rings (SSSR count). The first kappa shape index (κ1) is 57.0. The Morgan fingerprint density at radius 3 is 1.05 bits per heavy atom. The quantitative estimate of drug-likeness (QED) is 0.115. The highest BCUT2D eigenvalue weighted by molar-refractivity contribution is 7.90. The average molecular weight is 1150 g/mol. The lowest BCUT2D eigenvalue weighted by atomic mass is 10.2. The van der Waals surface area contributed by atoms with Crippen LogP contribution < -0.4 is 30.2 Å². The summed E-state index contributed by atoms with van der Waals surface area (Å²) in [6, 6.07) is 49.9. The maximum atomic E-state index is 13.0. The number of benzene rings is 6. The first-order chi connectivity index (χ1) is 39.0. The molecule has 81 heavy (non-hydrogen) atoms. The van der Waals surface area contributed by atoms with Gasteiger partial charge in [0.25, 0.3) is 20.0 Å². The molecule has 0 radical (unpaired) electrons. The van der Waals surface area contributed by atoms with E-state index >= 15 is 0 Å². The minimum Gasteiger partial charge on any atom is -0.368 e. The van der Waals surface area contributed by atoms with Crippen LogP contribution in [0.4, 0.5) is 22.7 Å². The van der Waals surface area contributed by atoms with Crippen molar-refractivity contribution in [3.05, 3.63) is 183 Å². The van der Waals surface area contributed by atoms with Crippen LogP contribution >= 0.6 is 12.4 Å². The number of halogens is 1. The minimum absolute atomic E-state index is 0. The van der Waals surface area contributed by atoms with Crippen LogP contribution in [0.2, 0.25) is 0 Å². The molecule has 0 bridgehead atoms. The zero-order chi connectivity index (χ0) is 55.1. The van der Waals surface area contributed by atoms with Gasteiger partial charge in [-0.2, -0.15) is 0 Å². The Bertz CT molecular complexity index is 3880. The Kier molecular flexibility index (Phi) is 18.0. The number of rotatable bonds is 8. The lowest BCUT2D eigenvalue weighted by Gasteiger charge is -2.34. The third-order valence-electron chi connectivity index (χ3n) is 15.7. The lowest BCUT2D eigenvalue weighted by Crippen LogP contribution is -2.44. The number of hydrogen-bond donors (Lipinski definition) is 4. The Morgan fingerprint density at radius 2 is 0.679 bits per heavy atom. The minimum atomic E-state index is -3.59. The van der Waals surface area contributed by atoms with Crippen molar-refractivity contribution in [1.29, 1.82) is 0 Å². The molecular formula is C62H73ClN12O4S2. The molecule has 4 aromatic heterocycles. The number of H-pyrrole nitrogens is 2. The van der Waals surface area contributed by atoms with Crippen LogP contribution in [0.5, 0.6) is 0 Å². The van der Waals surface area contributed by atoms with Gasteiger partial charge in [-0.15, -0.1) is 12.4 Å². The van der Waals surface area contributed by atoms with E-state index < -0.39 is 20.0 Å². The van der Waals surface area contributed by atoms with E-state index in [1.165, 1.54) is 41.1 Å². The number of aromatic amines is 2. The highest BCUT2D eigenvalue weighted by Crippen LogP contribution is 2.33. The van der Waals surface area contributed by atoms with Crippen molar-refractivity contribution in [2.24, 2.45) is 0 Å². The number of anilines is 4. The van der Waals surface area contributed by atoms with E-state index in [0.717, 1.165) is 138 Å². The van der Waals surface area contributed by atoms with Crippen molar-refractivity contribution >= 4 is 98.8 Å². The zero-order valence-electron chi connectivity index (χ0n) is 46.1. The molecule has 8 heterocycles. The normalized spacial score (nSPS) is 16.5. The van der Waals surface area contributed by atoms with E-state index in [1.54, 1.807) is 60.9 Å². The smallest absolute Gasteiger partial charge is 0.268 e. The highest BCUT2D eigenvalue weighted by Gasteiger charge is 2.24. The van der Waals surface area contributed by atoms with E-state index in [0.29, 0.717) is 9.79 Å². The van der Waals surface area contributed by atoms with Crippen molar-refractivity contribution in [1.82, 2.24) is 38.3 Å². The Balaban J connectivity index is 0.000000123. The summed E-state index contributed by atoms with van der Waals surface area (Å²) in [6.45, 7) is 16.6. The van der Waals surface area contributed by atoms with Crippen LogP contribution in [0.3, 0.4) is 0 Å². The summed E-state index contributed by atoms with van der Waals surface area (Å²) in [6.07, 6.45) is 7.34. The summed E-state index contributed by atoms with van der Waals surface area (Å²) < 4.78 is 54.6. The summed E-state index contributed by atoms with van der Waals surface area (Å²) in [5.74, 6) is 0. The maximum absolute atomic E-state index is 13.0. The number of piperazine rings is 4. The number of hydrogen-bond acceptors (Lipinski definition) is 12. The molecule has 0 spiro atoms. The van der Waals surface area contributed by atoms with Gasteiger partial charge >= 0.3 is 0 Å². The molecule has 4 fully saturated rings. The molecule has 0 amide bonds. The Morgan fingerprint density at radius 1 is 0.346 bits per heavy atom. The number of aromatic nitrogens is 4. The van der Waals surface area contributed by atoms with Crippen molar-refractivity contribution in [3.8, 4) is 0 Å². The summed E-state index contributed by atoms with van der Waals surface area (Å²) in [4.78, 5) is 21.4. The molecule has 0 aliphatic carbocycles. The average Bonchev–Trinajstić information content (AvgIpc) is 4.53. The molecule has 10 aromatic rings. The molecular weight excluding hydrogens is 1080 g/mol. The van der Waals surface area contributed by atoms with Crippen LogP contribution in [0.1, 0.15) is 0 Å². The molecule has 4 aliphatic rings. The van der Waals surface area contributed by atoms with Gasteiger partial charge in [0.1, 0.15) is 0 Å². The monoisotopic (exact) mass is 1150 g/mol. The molecule has 4 N–H and O–H groups in total. The van der Waals surface area contributed by atoms with Crippen LogP contribution in [0, 0.1) is 0 Å². The van der Waals surface area contributed by atoms with E-state index in [2.05, 4.69) is 125 Å². The third kappa shape index (κ3) is 12.5. The molecule has 424 valence electrons. The van der Waals surface area contributed by atoms with E-state index in [4.69, 9.17) is 0 Å². The predicted molar refractivity (Wildman–Crippen MR) is 335 cm³/mol. The van der Waals surface area contributed by atoms with E-state index in [-0.39, 0.29) is 12.4 Å². The third-order valence-corrected chi connectivity index (χ3v) is 19.1. The Labute approximate surface area is 482 Å². The van der Waals surface area contributed by atoms with Crippen LogP contribution in [0.15, 0.2) is 192 Å². The van der Waals surface area contributed by atoms with Crippen LogP contribution in [0.25, 0.3) is 43.6 Å². The van der Waals surface area contributed by atoms with Gasteiger partial charge < -0.3 is 50.0 Å². The van der Waals surface area contributed by atoms with Crippen LogP contribution in [-0.4, -0.2) is 163 Å². The number of fused-ring (bicyclic) bond motifs is 4. The van der Waals surface area contributed by atoms with Crippen molar-refractivity contribution in [2.75, 3.05) is 138 Å². The second kappa shape index (κ2) is 25.7. The summed E-state index contributed by atoms with van der Waals surface area (Å²) in [5.41, 5.74) is 8.82. The number of likely N-dealkylation sites (N-methyl/N-ethyl adjacent to an activating group) is 2. The van der Waals surface area contributed by atoms with Crippen molar-refractivity contribution in [2.45, 2.75) is 9.79 Å². The first-order valence-electron chi connectivity index (χ1n) is 27.8. The first-order valence-corrected chi connectivity index (χ1v) is 30.6. The van der Waals surface area contributed by atoms with E-state index in [1.807, 2.05) is 60.9 Å². The van der Waals surface area contributed by atoms with Gasteiger partial charge in [-0.1, -0.05) is 60.7 Å². The van der Waals surface area contributed by atoms with E-state index in [9.17, 15) is 16.8 Å². The number of nitrogens with one attached hydrogen (secondary N) is 4. The maximum Gasteiger partial charge on any atom is 0.268 e. The fourth-order valence-electron chi connectivity index (χ4n) is 11.2. The fourth-order valence-corrected chi connectivity index (χ4v) is 14.0. The molecule has 0 atom stereocenters. The summed E-state index contributed by atoms with van der Waals surface area (Å²) in [7, 11) is -2.86.